The second-order valence-corrected chi connectivity index (χ2v) is 27.9. The van der Waals surface area contributed by atoms with Crippen LogP contribution in [0.5, 0.6) is 5.75 Å². The number of hydrogen-bond acceptors (Lipinski definition) is 22. The molecule has 30 heteroatoms. The molecule has 0 aliphatic heterocycles. The van der Waals surface area contributed by atoms with E-state index in [9.17, 15) is 61.8 Å². The molecule has 4 atom stereocenters. The SMILES string of the molecule is C=C(CC[C@H](NC(=O)CCCCCCCCCCCCCCCS(=O)(=O)O)C(=O)O)NCCOCCOCC(=O)NCCOCCOCC(=O)CCCOCCOCC(=O)NCCCC[C@H](NCC(=O)CC(C)C)C(=O)CN(C)[C@@H](CCCCC(=N)N)C(=O)C[C@@H](Cc1ccc(O)cc1)C(N)=O. The monoisotopic (exact) mass is 1470 g/mol. The number of nitrogens with zero attached hydrogens (tertiary/aromatic N) is 1. The molecule has 1 rings (SSSR count). The summed E-state index contributed by atoms with van der Waals surface area (Å²) >= 11 is 0. The van der Waals surface area contributed by atoms with Gasteiger partial charge in [-0.2, -0.15) is 8.42 Å². The highest BCUT2D eigenvalue weighted by atomic mass is 32.2. The lowest BCUT2D eigenvalue weighted by Crippen LogP contribution is -2.48. The van der Waals surface area contributed by atoms with Crippen molar-refractivity contribution in [2.45, 2.75) is 212 Å². The van der Waals surface area contributed by atoms with E-state index in [0.717, 1.165) is 76.2 Å². The topological polar surface area (TPSA) is 443 Å². The number of nitrogens with one attached hydrogen (secondary N) is 6. The Bertz CT molecular complexity index is 2670. The van der Waals surface area contributed by atoms with Crippen molar-refractivity contribution in [3.63, 3.8) is 0 Å². The minimum absolute atomic E-state index is 0.0111. The molecule has 0 saturated heterocycles. The van der Waals surface area contributed by atoms with Crippen LogP contribution < -0.4 is 38.1 Å². The number of ketones is 4. The summed E-state index contributed by atoms with van der Waals surface area (Å²) in [6, 6.07) is 3.80. The minimum Gasteiger partial charge on any atom is -0.508 e. The minimum atomic E-state index is -3.86. The average molecular weight is 1470 g/mol. The van der Waals surface area contributed by atoms with E-state index in [2.05, 4.69) is 33.2 Å². The van der Waals surface area contributed by atoms with E-state index in [1.807, 2.05) is 13.8 Å². The molecule has 0 aromatic heterocycles. The number of carbonyl (C=O) groups is 9. The molecule has 0 saturated carbocycles. The molecule has 0 fully saturated rings. The molecule has 0 aliphatic carbocycles. The average Bonchev–Trinajstić information content (AvgIpc) is 1.07. The van der Waals surface area contributed by atoms with E-state index in [0.29, 0.717) is 109 Å². The zero-order chi connectivity index (χ0) is 75.6. The molecule has 13 N–H and O–H groups in total. The summed E-state index contributed by atoms with van der Waals surface area (Å²) in [6.45, 7) is 10.3. The lowest BCUT2D eigenvalue weighted by Gasteiger charge is -2.29. The van der Waals surface area contributed by atoms with Gasteiger partial charge in [0.25, 0.3) is 10.1 Å². The van der Waals surface area contributed by atoms with Crippen LogP contribution in [0.2, 0.25) is 0 Å². The van der Waals surface area contributed by atoms with Gasteiger partial charge in [0.15, 0.2) is 17.3 Å². The van der Waals surface area contributed by atoms with Crippen molar-refractivity contribution in [1.29, 1.82) is 5.41 Å². The summed E-state index contributed by atoms with van der Waals surface area (Å²) in [5.41, 5.74) is 12.7. The number of phenolic OH excluding ortho intramolecular Hbond substituents is 1. The van der Waals surface area contributed by atoms with Crippen molar-refractivity contribution < 1.29 is 94.8 Å². The summed E-state index contributed by atoms with van der Waals surface area (Å²) in [4.78, 5) is 116. The number of nitrogens with two attached hydrogens (primary N) is 2. The fourth-order valence-electron chi connectivity index (χ4n) is 10.9. The molecule has 0 unspecified atom stereocenters. The summed E-state index contributed by atoms with van der Waals surface area (Å²) in [6.07, 6.45) is 17.9. The van der Waals surface area contributed by atoms with Crippen LogP contribution in [-0.4, -0.2) is 230 Å². The molecule has 0 bridgehead atoms. The van der Waals surface area contributed by atoms with Gasteiger partial charge in [0.05, 0.1) is 89.6 Å². The van der Waals surface area contributed by atoms with E-state index in [4.69, 9.17) is 49.9 Å². The van der Waals surface area contributed by atoms with Gasteiger partial charge < -0.3 is 76.7 Å². The van der Waals surface area contributed by atoms with Gasteiger partial charge >= 0.3 is 5.97 Å². The molecule has 0 radical (unpaired) electrons. The number of Topliss-reactive ketones (excluding diaryl/α,β-unsaturated/α-hetero) is 4. The number of carboxylic acids is 1. The van der Waals surface area contributed by atoms with Crippen LogP contribution in [0.3, 0.4) is 0 Å². The summed E-state index contributed by atoms with van der Waals surface area (Å²) in [5, 5.41) is 41.3. The second-order valence-electron chi connectivity index (χ2n) is 26.4. The Labute approximate surface area is 605 Å². The normalized spacial score (nSPS) is 12.7. The van der Waals surface area contributed by atoms with E-state index in [1.165, 1.54) is 12.1 Å². The lowest BCUT2D eigenvalue weighted by atomic mass is 9.89. The fraction of sp³-hybridized carbons (Fsp3) is 0.750. The third kappa shape index (κ3) is 55.2. The standard InChI is InChI=1S/C72H125N9O20S/c1-55(2)47-61(84)50-79-62(66(86)51-81(4)64(25-17-18-26-67(73)74)65(85)49-58(71(75)90)48-57-29-31-59(82)32-30-57)24-19-20-34-77-69(88)53-100-44-40-96-37-22-23-60(83)52-99-43-41-98-39-36-78-70(89)54-101-45-42-97-38-35-76-56(3)28-33-63(72(91)92)80-68(87)27-16-14-12-10-8-6-5-7-9-11-13-15-21-46-102(93,94)95/h29-32,55,58,62-64,76,79,82H,3,5-28,33-54H2,1-2,4H3,(H3,73,74)(H2,75,90)(H,77,88)(H,78,89)(H,80,87)(H,91,92)(H,93,94,95)/t58-,62+,63+,64+/m1/s1. The van der Waals surface area contributed by atoms with Gasteiger partial charge in [-0.15, -0.1) is 0 Å². The predicted molar refractivity (Wildman–Crippen MR) is 388 cm³/mol. The summed E-state index contributed by atoms with van der Waals surface area (Å²) < 4.78 is 63.0. The predicted octanol–water partition coefficient (Wildman–Crippen LogP) is 5.59. The fourth-order valence-corrected chi connectivity index (χ4v) is 11.5. The van der Waals surface area contributed by atoms with Crippen molar-refractivity contribution in [1.82, 2.24) is 31.5 Å². The zero-order valence-electron chi connectivity index (χ0n) is 61.2. The maximum absolute atomic E-state index is 14.0. The lowest BCUT2D eigenvalue weighted by molar-refractivity contribution is -0.142. The number of aliphatic carboxylic acids is 1. The number of amidine groups is 1. The van der Waals surface area contributed by atoms with Crippen molar-refractivity contribution in [2.75, 3.05) is 125 Å². The number of phenols is 1. The first kappa shape index (κ1) is 93.7. The largest absolute Gasteiger partial charge is 0.508 e. The van der Waals surface area contributed by atoms with Crippen LogP contribution in [0.25, 0.3) is 0 Å². The number of ether oxygens (including phenoxy) is 6. The van der Waals surface area contributed by atoms with E-state index < -0.39 is 46.0 Å². The van der Waals surface area contributed by atoms with Crippen molar-refractivity contribution >= 4 is 68.7 Å². The van der Waals surface area contributed by atoms with Gasteiger partial charge in [0.1, 0.15) is 37.4 Å². The van der Waals surface area contributed by atoms with E-state index in [-0.39, 0.29) is 182 Å². The van der Waals surface area contributed by atoms with Crippen molar-refractivity contribution in [2.24, 2.45) is 23.3 Å². The molecule has 0 heterocycles. The number of likely N-dealkylation sites (N-methyl/N-ethyl adjacent to an activating group) is 1. The maximum atomic E-state index is 14.0. The molecular weight excluding hydrogens is 1340 g/mol. The van der Waals surface area contributed by atoms with E-state index >= 15 is 0 Å². The van der Waals surface area contributed by atoms with Crippen molar-refractivity contribution in [3.05, 3.63) is 42.1 Å². The first-order valence-electron chi connectivity index (χ1n) is 36.6. The smallest absolute Gasteiger partial charge is 0.326 e. The van der Waals surface area contributed by atoms with Crippen LogP contribution in [0.15, 0.2) is 36.5 Å². The Balaban J connectivity index is 2.16. The number of rotatable bonds is 72. The number of allylic oxidation sites excluding steroid dienone is 1. The van der Waals surface area contributed by atoms with Gasteiger partial charge in [0.2, 0.25) is 23.6 Å². The Morgan fingerprint density at radius 2 is 1.07 bits per heavy atom. The summed E-state index contributed by atoms with van der Waals surface area (Å²) in [7, 11) is -2.19. The number of carboxylic acid groups (broad SMARTS) is 1. The number of benzene rings is 1. The van der Waals surface area contributed by atoms with Crippen LogP contribution in [-0.2, 0) is 88.1 Å². The number of carbonyl (C=O) groups excluding carboxylic acids is 8. The van der Waals surface area contributed by atoms with Crippen LogP contribution >= 0.6 is 0 Å². The Morgan fingerprint density at radius 1 is 0.549 bits per heavy atom. The first-order valence-corrected chi connectivity index (χ1v) is 38.2. The highest BCUT2D eigenvalue weighted by molar-refractivity contribution is 7.85. The van der Waals surface area contributed by atoms with Gasteiger partial charge in [-0.3, -0.25) is 53.2 Å². The third-order valence-electron chi connectivity index (χ3n) is 16.5. The third-order valence-corrected chi connectivity index (χ3v) is 17.3. The van der Waals surface area contributed by atoms with Gasteiger partial charge in [-0.1, -0.05) is 110 Å². The summed E-state index contributed by atoms with van der Waals surface area (Å²) in [5.74, 6) is -4.10. The van der Waals surface area contributed by atoms with Gasteiger partial charge in [0, 0.05) is 70.0 Å². The van der Waals surface area contributed by atoms with Crippen molar-refractivity contribution in [3.8, 4) is 5.75 Å². The Morgan fingerprint density at radius 3 is 1.63 bits per heavy atom. The molecule has 1 aromatic rings. The van der Waals surface area contributed by atoms with Crippen LogP contribution in [0.1, 0.15) is 193 Å². The van der Waals surface area contributed by atoms with Gasteiger partial charge in [-0.05, 0) is 101 Å². The molecule has 102 heavy (non-hydrogen) atoms. The molecule has 4 amide bonds. The number of primary amides is 1. The highest BCUT2D eigenvalue weighted by Crippen LogP contribution is 2.21. The van der Waals surface area contributed by atoms with Gasteiger partial charge in [-0.25, -0.2) is 4.79 Å². The Hall–Kier alpha value is -6.35. The Kier molecular flexibility index (Phi) is 55.1. The number of hydrogen-bond donors (Lipinski definition) is 11. The first-order chi connectivity index (χ1) is 48.8. The number of aromatic hydroxyl groups is 1. The molecule has 29 nitrogen and oxygen atoms in total. The van der Waals surface area contributed by atoms with Crippen LogP contribution in [0.4, 0.5) is 0 Å². The molecular formula is C72H125N9O20S. The highest BCUT2D eigenvalue weighted by Gasteiger charge is 2.31. The number of unbranched alkanes of at least 4 members (excludes halogenated alkanes) is 14. The van der Waals surface area contributed by atoms with Crippen LogP contribution in [0, 0.1) is 17.2 Å². The zero-order valence-corrected chi connectivity index (χ0v) is 62.0. The molecule has 1 aromatic carbocycles. The van der Waals surface area contributed by atoms with E-state index in [1.54, 1.807) is 24.1 Å². The molecule has 584 valence electrons. The quantitative estimate of drug-likeness (QED) is 0.0164. The maximum Gasteiger partial charge on any atom is 0.326 e. The second kappa shape index (κ2) is 60.0. The number of amides is 4. The molecule has 0 spiro atoms. The molecule has 0 aliphatic rings.